The maximum atomic E-state index is 10.2. The van der Waals surface area contributed by atoms with Gasteiger partial charge in [-0.25, -0.2) is 0 Å². The fourth-order valence-electron chi connectivity index (χ4n) is 2.52. The predicted molar refractivity (Wildman–Crippen MR) is 87.3 cm³/mol. The highest BCUT2D eigenvalue weighted by Crippen LogP contribution is 2.33. The Labute approximate surface area is 124 Å². The molecule has 1 heteroatoms. The van der Waals surface area contributed by atoms with Crippen molar-refractivity contribution < 1.29 is 5.11 Å². The summed E-state index contributed by atoms with van der Waals surface area (Å²) in [5.74, 6) is 6.69. The summed E-state index contributed by atoms with van der Waals surface area (Å²) >= 11 is 0. The number of fused-ring (bicyclic) bond motifs is 1. The largest absolute Gasteiger partial charge is 0.508 e. The Kier molecular flexibility index (Phi) is 3.62. The van der Waals surface area contributed by atoms with Crippen molar-refractivity contribution in [2.75, 3.05) is 0 Å². The fourth-order valence-corrected chi connectivity index (χ4v) is 2.52. The van der Waals surface area contributed by atoms with E-state index in [1.807, 2.05) is 61.5 Å². The summed E-state index contributed by atoms with van der Waals surface area (Å²) in [6, 6.07) is 21.7. The van der Waals surface area contributed by atoms with E-state index in [1.165, 1.54) is 0 Å². The van der Waals surface area contributed by atoms with Crippen molar-refractivity contribution in [3.8, 4) is 17.6 Å². The molecule has 1 N–H and O–H groups in total. The van der Waals surface area contributed by atoms with Crippen molar-refractivity contribution >= 4 is 10.8 Å². The molecule has 0 aliphatic heterocycles. The molecule has 0 spiro atoms. The van der Waals surface area contributed by atoms with Gasteiger partial charge in [0.2, 0.25) is 0 Å². The van der Waals surface area contributed by atoms with Crippen LogP contribution >= 0.6 is 0 Å². The van der Waals surface area contributed by atoms with E-state index in [2.05, 4.69) is 17.9 Å². The van der Waals surface area contributed by atoms with Crippen LogP contribution in [0.3, 0.4) is 0 Å². The molecule has 0 heterocycles. The number of hydrogen-bond acceptors (Lipinski definition) is 1. The van der Waals surface area contributed by atoms with Crippen molar-refractivity contribution in [1.29, 1.82) is 0 Å². The molecule has 3 aromatic carbocycles. The molecular formula is C20H16O. The molecule has 21 heavy (non-hydrogen) atoms. The van der Waals surface area contributed by atoms with Gasteiger partial charge in [-0.1, -0.05) is 60.4 Å². The van der Waals surface area contributed by atoms with Crippen LogP contribution < -0.4 is 0 Å². The van der Waals surface area contributed by atoms with Gasteiger partial charge < -0.3 is 5.11 Å². The van der Waals surface area contributed by atoms with Gasteiger partial charge in [-0.2, -0.15) is 0 Å². The molecule has 1 unspecified atom stereocenters. The number of phenolic OH excluding ortho intramolecular Hbond substituents is 1. The summed E-state index contributed by atoms with van der Waals surface area (Å²) < 4.78 is 0. The number of hydrogen-bond donors (Lipinski definition) is 1. The van der Waals surface area contributed by atoms with Gasteiger partial charge in [-0.15, -0.1) is 0 Å². The molecule has 0 amide bonds. The van der Waals surface area contributed by atoms with Crippen molar-refractivity contribution in [2.24, 2.45) is 0 Å². The van der Waals surface area contributed by atoms with Gasteiger partial charge in [0.25, 0.3) is 0 Å². The molecular weight excluding hydrogens is 256 g/mol. The average Bonchev–Trinajstić information content (AvgIpc) is 2.53. The van der Waals surface area contributed by atoms with Gasteiger partial charge in [-0.3, -0.25) is 0 Å². The maximum Gasteiger partial charge on any atom is 0.120 e. The number of aromatic hydroxyl groups is 1. The SMILES string of the molecule is CC(C#Cc1ccccc1)c1c(O)ccc2ccccc12. The molecule has 0 radical (unpaired) electrons. The van der Waals surface area contributed by atoms with Gasteiger partial charge >= 0.3 is 0 Å². The predicted octanol–water partition coefficient (Wildman–Crippen LogP) is 4.70. The molecule has 1 nitrogen and oxygen atoms in total. The second kappa shape index (κ2) is 5.73. The zero-order valence-corrected chi connectivity index (χ0v) is 11.9. The first-order chi connectivity index (χ1) is 10.3. The van der Waals surface area contributed by atoms with Gasteiger partial charge in [0.15, 0.2) is 0 Å². The molecule has 102 valence electrons. The quantitative estimate of drug-likeness (QED) is 0.637. The topological polar surface area (TPSA) is 20.2 Å². The minimum atomic E-state index is -0.0312. The molecule has 1 atom stereocenters. The minimum absolute atomic E-state index is 0.0312. The van der Waals surface area contributed by atoms with Gasteiger partial charge in [0, 0.05) is 17.0 Å². The zero-order valence-electron chi connectivity index (χ0n) is 11.9. The van der Waals surface area contributed by atoms with E-state index in [9.17, 15) is 5.11 Å². The Morgan fingerprint density at radius 1 is 0.857 bits per heavy atom. The lowest BCUT2D eigenvalue weighted by Gasteiger charge is -2.11. The highest BCUT2D eigenvalue weighted by atomic mass is 16.3. The van der Waals surface area contributed by atoms with E-state index in [4.69, 9.17) is 0 Å². The van der Waals surface area contributed by atoms with E-state index in [0.717, 1.165) is 21.9 Å². The molecule has 0 aromatic heterocycles. The second-order valence-corrected chi connectivity index (χ2v) is 5.08. The van der Waals surface area contributed by atoms with Crippen LogP contribution in [0.25, 0.3) is 10.8 Å². The van der Waals surface area contributed by atoms with E-state index < -0.39 is 0 Å². The number of rotatable bonds is 1. The molecule has 3 rings (SSSR count). The Balaban J connectivity index is 2.04. The monoisotopic (exact) mass is 272 g/mol. The van der Waals surface area contributed by atoms with Crippen molar-refractivity contribution in [2.45, 2.75) is 12.8 Å². The normalized spacial score (nSPS) is 11.7. The van der Waals surface area contributed by atoms with Crippen molar-refractivity contribution in [3.63, 3.8) is 0 Å². The van der Waals surface area contributed by atoms with Crippen LogP contribution in [0.1, 0.15) is 24.0 Å². The summed E-state index contributed by atoms with van der Waals surface area (Å²) in [5.41, 5.74) is 1.89. The Morgan fingerprint density at radius 3 is 2.38 bits per heavy atom. The van der Waals surface area contributed by atoms with Crippen LogP contribution in [0.2, 0.25) is 0 Å². The lowest BCUT2D eigenvalue weighted by Crippen LogP contribution is -1.93. The number of phenols is 1. The Bertz CT molecular complexity index is 823. The Hall–Kier alpha value is -2.72. The van der Waals surface area contributed by atoms with Crippen LogP contribution in [0.4, 0.5) is 0 Å². The average molecular weight is 272 g/mol. The highest BCUT2D eigenvalue weighted by molar-refractivity contribution is 5.88. The van der Waals surface area contributed by atoms with Crippen molar-refractivity contribution in [1.82, 2.24) is 0 Å². The van der Waals surface area contributed by atoms with Gasteiger partial charge in [-0.05, 0) is 35.9 Å². The van der Waals surface area contributed by atoms with Gasteiger partial charge in [0.1, 0.15) is 5.75 Å². The van der Waals surface area contributed by atoms with E-state index in [1.54, 1.807) is 6.07 Å². The molecule has 0 aliphatic rings. The van der Waals surface area contributed by atoms with Crippen LogP contribution in [0, 0.1) is 11.8 Å². The molecule has 0 bridgehead atoms. The third-order valence-electron chi connectivity index (χ3n) is 3.59. The Morgan fingerprint density at radius 2 is 1.57 bits per heavy atom. The van der Waals surface area contributed by atoms with E-state index >= 15 is 0 Å². The highest BCUT2D eigenvalue weighted by Gasteiger charge is 2.12. The first kappa shape index (κ1) is 13.3. The molecule has 3 aromatic rings. The molecule has 0 saturated carbocycles. The second-order valence-electron chi connectivity index (χ2n) is 5.08. The summed E-state index contributed by atoms with van der Waals surface area (Å²) in [7, 11) is 0. The summed E-state index contributed by atoms with van der Waals surface area (Å²) in [6.45, 7) is 2.03. The fraction of sp³-hybridized carbons (Fsp3) is 0.100. The first-order valence-electron chi connectivity index (χ1n) is 7.03. The van der Waals surface area contributed by atoms with Gasteiger partial charge in [0.05, 0.1) is 0 Å². The molecule has 0 fully saturated rings. The van der Waals surface area contributed by atoms with E-state index in [-0.39, 0.29) is 5.92 Å². The smallest absolute Gasteiger partial charge is 0.120 e. The lowest BCUT2D eigenvalue weighted by molar-refractivity contribution is 0.468. The lowest BCUT2D eigenvalue weighted by atomic mass is 9.94. The molecule has 0 aliphatic carbocycles. The van der Waals surface area contributed by atoms with Crippen LogP contribution in [-0.2, 0) is 0 Å². The summed E-state index contributed by atoms with van der Waals surface area (Å²) in [5, 5.41) is 12.4. The summed E-state index contributed by atoms with van der Waals surface area (Å²) in [6.07, 6.45) is 0. The van der Waals surface area contributed by atoms with E-state index in [0.29, 0.717) is 5.75 Å². The van der Waals surface area contributed by atoms with Crippen LogP contribution in [-0.4, -0.2) is 5.11 Å². The third kappa shape index (κ3) is 2.75. The first-order valence-corrected chi connectivity index (χ1v) is 7.03. The van der Waals surface area contributed by atoms with Crippen LogP contribution in [0.15, 0.2) is 66.7 Å². The maximum absolute atomic E-state index is 10.2. The summed E-state index contributed by atoms with van der Waals surface area (Å²) in [4.78, 5) is 0. The minimum Gasteiger partial charge on any atom is -0.508 e. The molecule has 0 saturated heterocycles. The number of benzene rings is 3. The standard InChI is InChI=1S/C20H16O/c1-15(11-12-16-7-3-2-4-8-16)20-18-10-6-5-9-17(18)13-14-19(20)21/h2-10,13-15,21H,1H3. The third-order valence-corrected chi connectivity index (χ3v) is 3.59. The van der Waals surface area contributed by atoms with Crippen LogP contribution in [0.5, 0.6) is 5.75 Å². The zero-order chi connectivity index (χ0) is 14.7. The van der Waals surface area contributed by atoms with Crippen molar-refractivity contribution in [3.05, 3.63) is 77.9 Å².